The molecule has 6 heteroatoms. The molecule has 0 saturated heterocycles. The molecule has 0 aromatic heterocycles. The number of hydrogen-bond acceptors (Lipinski definition) is 4. The van der Waals surface area contributed by atoms with Crippen molar-refractivity contribution in [2.45, 2.75) is 45.2 Å². The van der Waals surface area contributed by atoms with Gasteiger partial charge in [-0.15, -0.1) is 0 Å². The molecule has 4 rings (SSSR count). The van der Waals surface area contributed by atoms with Crippen LogP contribution in [0.25, 0.3) is 0 Å². The molecule has 1 aliphatic carbocycles. The molecule has 0 unspecified atom stereocenters. The van der Waals surface area contributed by atoms with E-state index in [9.17, 15) is 9.59 Å². The van der Waals surface area contributed by atoms with Crippen molar-refractivity contribution < 1.29 is 19.1 Å². The minimum absolute atomic E-state index is 0.0169. The summed E-state index contributed by atoms with van der Waals surface area (Å²) in [5.41, 5.74) is 2.23. The number of carbonyl (C=O) groups is 2. The lowest BCUT2D eigenvalue weighted by atomic mass is 10.1. The van der Waals surface area contributed by atoms with Gasteiger partial charge in [0, 0.05) is 30.8 Å². The van der Waals surface area contributed by atoms with Gasteiger partial charge in [-0.05, 0) is 48.7 Å². The summed E-state index contributed by atoms with van der Waals surface area (Å²) in [6.07, 6.45) is 4.31. The molecule has 2 aromatic carbocycles. The quantitative estimate of drug-likeness (QED) is 0.853. The number of fused-ring (bicyclic) bond motifs is 1. The Balaban J connectivity index is 1.59. The van der Waals surface area contributed by atoms with Crippen LogP contribution in [0.5, 0.6) is 11.5 Å². The van der Waals surface area contributed by atoms with E-state index in [1.807, 2.05) is 23.1 Å². The van der Waals surface area contributed by atoms with Crippen molar-refractivity contribution in [3.63, 3.8) is 0 Å². The van der Waals surface area contributed by atoms with E-state index in [-0.39, 0.29) is 24.6 Å². The first-order valence-corrected chi connectivity index (χ1v) is 9.67. The third-order valence-electron chi connectivity index (χ3n) is 5.25. The van der Waals surface area contributed by atoms with E-state index < -0.39 is 0 Å². The van der Waals surface area contributed by atoms with Gasteiger partial charge in [0.25, 0.3) is 5.91 Å². The minimum atomic E-state index is -0.155. The zero-order valence-electron chi connectivity index (χ0n) is 15.9. The Hall–Kier alpha value is -3.02. The number of amides is 2. The van der Waals surface area contributed by atoms with Crippen LogP contribution >= 0.6 is 0 Å². The highest BCUT2D eigenvalue weighted by atomic mass is 16.7. The molecular weight excluding hydrogens is 356 g/mol. The van der Waals surface area contributed by atoms with Gasteiger partial charge in [0.05, 0.1) is 0 Å². The molecule has 1 fully saturated rings. The standard InChI is InChI=1S/C22H24N2O4/c1-15(25)23-18-6-4-5-17(12-18)22(26)24(19-7-2-3-8-19)13-16-9-10-20-21(11-16)28-14-27-20/h4-6,9-12,19H,2-3,7-8,13-14H2,1H3,(H,23,25). The molecule has 1 N–H and O–H groups in total. The van der Waals surface area contributed by atoms with E-state index in [4.69, 9.17) is 9.47 Å². The van der Waals surface area contributed by atoms with Gasteiger partial charge >= 0.3 is 0 Å². The van der Waals surface area contributed by atoms with Crippen LogP contribution < -0.4 is 14.8 Å². The molecule has 1 aliphatic heterocycles. The fraction of sp³-hybridized carbons (Fsp3) is 0.364. The largest absolute Gasteiger partial charge is 0.454 e. The number of anilines is 1. The maximum atomic E-state index is 13.4. The average molecular weight is 380 g/mol. The van der Waals surface area contributed by atoms with Gasteiger partial charge in [-0.25, -0.2) is 0 Å². The van der Waals surface area contributed by atoms with Crippen molar-refractivity contribution in [3.05, 3.63) is 53.6 Å². The first-order valence-electron chi connectivity index (χ1n) is 9.67. The van der Waals surface area contributed by atoms with Crippen LogP contribution in [0.15, 0.2) is 42.5 Å². The lowest BCUT2D eigenvalue weighted by molar-refractivity contribution is -0.114. The second kappa shape index (κ2) is 7.92. The van der Waals surface area contributed by atoms with Gasteiger partial charge in [-0.3, -0.25) is 9.59 Å². The molecule has 0 spiro atoms. The molecule has 146 valence electrons. The molecule has 0 radical (unpaired) electrons. The third kappa shape index (κ3) is 3.96. The summed E-state index contributed by atoms with van der Waals surface area (Å²) in [7, 11) is 0. The predicted octanol–water partition coefficient (Wildman–Crippen LogP) is 3.96. The zero-order chi connectivity index (χ0) is 19.5. The first-order chi connectivity index (χ1) is 13.6. The Kier molecular flexibility index (Phi) is 5.19. The topological polar surface area (TPSA) is 67.9 Å². The van der Waals surface area contributed by atoms with Crippen molar-refractivity contribution >= 4 is 17.5 Å². The second-order valence-corrected chi connectivity index (χ2v) is 7.32. The van der Waals surface area contributed by atoms with Gasteiger partial charge in [-0.1, -0.05) is 25.0 Å². The summed E-state index contributed by atoms with van der Waals surface area (Å²) in [4.78, 5) is 26.7. The molecule has 6 nitrogen and oxygen atoms in total. The summed E-state index contributed by atoms with van der Waals surface area (Å²) in [5.74, 6) is 1.30. The Bertz CT molecular complexity index is 890. The highest BCUT2D eigenvalue weighted by Crippen LogP contribution is 2.34. The van der Waals surface area contributed by atoms with Gasteiger partial charge in [0.15, 0.2) is 11.5 Å². The lowest BCUT2D eigenvalue weighted by Crippen LogP contribution is -2.38. The zero-order valence-corrected chi connectivity index (χ0v) is 15.9. The molecule has 1 saturated carbocycles. The molecule has 0 atom stereocenters. The number of ether oxygens (including phenoxy) is 2. The van der Waals surface area contributed by atoms with Gasteiger partial charge < -0.3 is 19.7 Å². The van der Waals surface area contributed by atoms with Crippen LogP contribution in [-0.4, -0.2) is 29.5 Å². The maximum Gasteiger partial charge on any atom is 0.254 e. The molecule has 2 amide bonds. The highest BCUT2D eigenvalue weighted by molar-refractivity contribution is 5.97. The number of nitrogens with one attached hydrogen (secondary N) is 1. The SMILES string of the molecule is CC(=O)Nc1cccc(C(=O)N(Cc2ccc3c(c2)OCO3)C2CCCC2)c1. The number of hydrogen-bond donors (Lipinski definition) is 1. The van der Waals surface area contributed by atoms with E-state index >= 15 is 0 Å². The molecule has 1 heterocycles. The van der Waals surface area contributed by atoms with Crippen molar-refractivity contribution in [1.29, 1.82) is 0 Å². The van der Waals surface area contributed by atoms with Crippen molar-refractivity contribution in [1.82, 2.24) is 4.90 Å². The fourth-order valence-corrected chi connectivity index (χ4v) is 3.92. The Labute approximate surface area is 164 Å². The lowest BCUT2D eigenvalue weighted by Gasteiger charge is -2.29. The molecule has 28 heavy (non-hydrogen) atoms. The molecule has 0 bridgehead atoms. The van der Waals surface area contributed by atoms with E-state index in [0.717, 1.165) is 42.7 Å². The van der Waals surface area contributed by atoms with Crippen molar-refractivity contribution in [2.75, 3.05) is 12.1 Å². The number of nitrogens with zero attached hydrogens (tertiary/aromatic N) is 1. The second-order valence-electron chi connectivity index (χ2n) is 7.32. The Morgan fingerprint density at radius 3 is 2.64 bits per heavy atom. The van der Waals surface area contributed by atoms with E-state index in [1.165, 1.54) is 6.92 Å². The molecule has 2 aromatic rings. The first kappa shape index (κ1) is 18.3. The average Bonchev–Trinajstić information content (AvgIpc) is 3.36. The summed E-state index contributed by atoms with van der Waals surface area (Å²) in [6.45, 7) is 2.21. The summed E-state index contributed by atoms with van der Waals surface area (Å²) in [6, 6.07) is 13.2. The van der Waals surface area contributed by atoms with Crippen LogP contribution in [0.3, 0.4) is 0 Å². The highest BCUT2D eigenvalue weighted by Gasteiger charge is 2.28. The fourth-order valence-electron chi connectivity index (χ4n) is 3.92. The summed E-state index contributed by atoms with van der Waals surface area (Å²) < 4.78 is 10.9. The van der Waals surface area contributed by atoms with Gasteiger partial charge in [0.2, 0.25) is 12.7 Å². The number of benzene rings is 2. The smallest absolute Gasteiger partial charge is 0.254 e. The third-order valence-corrected chi connectivity index (χ3v) is 5.25. The minimum Gasteiger partial charge on any atom is -0.454 e. The van der Waals surface area contributed by atoms with E-state index in [2.05, 4.69) is 5.32 Å². The number of carbonyl (C=O) groups excluding carboxylic acids is 2. The predicted molar refractivity (Wildman–Crippen MR) is 105 cm³/mol. The molecular formula is C22H24N2O4. The van der Waals surface area contributed by atoms with Crippen LogP contribution in [0.4, 0.5) is 5.69 Å². The molecule has 2 aliphatic rings. The van der Waals surface area contributed by atoms with Crippen LogP contribution in [0.2, 0.25) is 0 Å². The summed E-state index contributed by atoms with van der Waals surface area (Å²) >= 11 is 0. The maximum absolute atomic E-state index is 13.4. The van der Waals surface area contributed by atoms with Crippen LogP contribution in [0.1, 0.15) is 48.5 Å². The van der Waals surface area contributed by atoms with Gasteiger partial charge in [0.1, 0.15) is 0 Å². The van der Waals surface area contributed by atoms with Crippen molar-refractivity contribution in [3.8, 4) is 11.5 Å². The van der Waals surface area contributed by atoms with Crippen LogP contribution in [-0.2, 0) is 11.3 Å². The van der Waals surface area contributed by atoms with E-state index in [1.54, 1.807) is 24.3 Å². The summed E-state index contributed by atoms with van der Waals surface area (Å²) in [5, 5.41) is 2.75. The van der Waals surface area contributed by atoms with E-state index in [0.29, 0.717) is 17.8 Å². The number of rotatable bonds is 5. The Morgan fingerprint density at radius 2 is 1.86 bits per heavy atom. The van der Waals surface area contributed by atoms with Crippen LogP contribution in [0, 0.1) is 0 Å². The Morgan fingerprint density at radius 1 is 1.07 bits per heavy atom. The normalized spacial score (nSPS) is 15.5. The van der Waals surface area contributed by atoms with Gasteiger partial charge in [-0.2, -0.15) is 0 Å². The van der Waals surface area contributed by atoms with Crippen molar-refractivity contribution in [2.24, 2.45) is 0 Å². The monoisotopic (exact) mass is 380 g/mol.